The highest BCUT2D eigenvalue weighted by Gasteiger charge is 2.20. The fourth-order valence-electron chi connectivity index (χ4n) is 2.69. The molecule has 0 N–H and O–H groups in total. The van der Waals surface area contributed by atoms with Crippen LogP contribution in [-0.2, 0) is 6.61 Å². The topological polar surface area (TPSA) is 36.9 Å². The van der Waals surface area contributed by atoms with Crippen LogP contribution in [0.3, 0.4) is 0 Å². The van der Waals surface area contributed by atoms with Gasteiger partial charge in [0.05, 0.1) is 30.4 Å². The Balaban J connectivity index is 1.79. The summed E-state index contributed by atoms with van der Waals surface area (Å²) >= 11 is 7.42. The van der Waals surface area contributed by atoms with Gasteiger partial charge in [-0.15, -0.1) is 23.5 Å². The third-order valence-corrected chi connectivity index (χ3v) is 7.74. The van der Waals surface area contributed by atoms with Gasteiger partial charge in [-0.2, -0.15) is 0 Å². The van der Waals surface area contributed by atoms with Crippen LogP contribution in [0.1, 0.15) is 15.7 Å². The Labute approximate surface area is 171 Å². The summed E-state index contributed by atoms with van der Waals surface area (Å²) in [4.78, 5) is 0. The van der Waals surface area contributed by atoms with Crippen molar-refractivity contribution >= 4 is 39.5 Å². The molecule has 1 aliphatic rings. The smallest absolute Gasteiger partial charge is 0.161 e. The summed E-state index contributed by atoms with van der Waals surface area (Å²) in [5.74, 6) is 5.34. The molecule has 7 heteroatoms. The molecule has 4 nitrogen and oxygen atoms in total. The molecule has 0 saturated carbocycles. The first-order valence-electron chi connectivity index (χ1n) is 8.10. The fourth-order valence-corrected chi connectivity index (χ4v) is 6.02. The number of halogens is 1. The molecule has 0 spiro atoms. The van der Waals surface area contributed by atoms with Gasteiger partial charge < -0.3 is 18.9 Å². The van der Waals surface area contributed by atoms with Crippen LogP contribution in [0.4, 0.5) is 0 Å². The third-order valence-electron chi connectivity index (χ3n) is 4.02. The van der Waals surface area contributed by atoms with Gasteiger partial charge in [0.25, 0.3) is 0 Å². The van der Waals surface area contributed by atoms with Gasteiger partial charge in [0.1, 0.15) is 18.1 Å². The summed E-state index contributed by atoms with van der Waals surface area (Å²) < 4.78 is 23.7. The van der Waals surface area contributed by atoms with E-state index in [-0.39, 0.29) is 0 Å². The number of hydrogen-bond acceptors (Lipinski definition) is 6. The Morgan fingerprint density at radius 1 is 0.885 bits per heavy atom. The Hall–Kier alpha value is -1.18. The number of hydrogen-bond donors (Lipinski definition) is 0. The first-order valence-corrected chi connectivity index (χ1v) is 11.0. The van der Waals surface area contributed by atoms with Crippen molar-refractivity contribution in [1.82, 2.24) is 0 Å². The molecule has 0 atom stereocenters. The average Bonchev–Trinajstić information content (AvgIpc) is 3.21. The molecule has 0 unspecified atom stereocenters. The van der Waals surface area contributed by atoms with Gasteiger partial charge in [-0.3, -0.25) is 0 Å². The number of benzene rings is 2. The lowest BCUT2D eigenvalue weighted by Crippen LogP contribution is -2.02. The maximum atomic E-state index is 6.02. The van der Waals surface area contributed by atoms with Gasteiger partial charge in [-0.1, -0.05) is 6.07 Å². The summed E-state index contributed by atoms with van der Waals surface area (Å²) in [6.07, 6.45) is 0. The van der Waals surface area contributed by atoms with Crippen LogP contribution < -0.4 is 18.9 Å². The number of thioether (sulfide) groups is 2. The Kier molecular flexibility index (Phi) is 6.89. The van der Waals surface area contributed by atoms with Gasteiger partial charge in [-0.05, 0) is 45.8 Å². The molecule has 2 aromatic rings. The lowest BCUT2D eigenvalue weighted by molar-refractivity contribution is 0.277. The molecule has 1 heterocycles. The van der Waals surface area contributed by atoms with E-state index in [0.717, 1.165) is 27.3 Å². The molecule has 1 saturated heterocycles. The van der Waals surface area contributed by atoms with Crippen molar-refractivity contribution in [3.05, 3.63) is 45.9 Å². The van der Waals surface area contributed by atoms with Crippen LogP contribution in [0.25, 0.3) is 0 Å². The summed E-state index contributed by atoms with van der Waals surface area (Å²) in [5.41, 5.74) is 2.17. The van der Waals surface area contributed by atoms with Crippen LogP contribution in [0.5, 0.6) is 23.0 Å². The zero-order valence-corrected chi connectivity index (χ0v) is 18.1. The minimum atomic E-state index is 0.357. The predicted octanol–water partition coefficient (Wildman–Crippen LogP) is 5.53. The molecule has 1 aliphatic heterocycles. The van der Waals surface area contributed by atoms with Crippen molar-refractivity contribution < 1.29 is 18.9 Å². The average molecular weight is 457 g/mol. The maximum absolute atomic E-state index is 6.02. The first kappa shape index (κ1) is 19.6. The lowest BCUT2D eigenvalue weighted by Gasteiger charge is -2.16. The molecule has 26 heavy (non-hydrogen) atoms. The van der Waals surface area contributed by atoms with Gasteiger partial charge in [0.15, 0.2) is 11.5 Å². The van der Waals surface area contributed by atoms with Gasteiger partial charge >= 0.3 is 0 Å². The van der Waals surface area contributed by atoms with Crippen molar-refractivity contribution in [2.24, 2.45) is 0 Å². The van der Waals surface area contributed by atoms with Crippen molar-refractivity contribution in [3.63, 3.8) is 0 Å². The van der Waals surface area contributed by atoms with E-state index in [1.807, 2.05) is 41.7 Å². The van der Waals surface area contributed by atoms with Crippen LogP contribution in [0, 0.1) is 0 Å². The minimum absolute atomic E-state index is 0.357. The predicted molar refractivity (Wildman–Crippen MR) is 112 cm³/mol. The minimum Gasteiger partial charge on any atom is -0.496 e. The zero-order valence-electron chi connectivity index (χ0n) is 14.9. The van der Waals surface area contributed by atoms with Crippen molar-refractivity contribution in [2.75, 3.05) is 32.8 Å². The first-order chi connectivity index (χ1) is 12.7. The summed E-state index contributed by atoms with van der Waals surface area (Å²) in [7, 11) is 4.95. The van der Waals surface area contributed by atoms with E-state index in [0.29, 0.717) is 16.9 Å². The van der Waals surface area contributed by atoms with Crippen molar-refractivity contribution in [3.8, 4) is 23.0 Å². The largest absolute Gasteiger partial charge is 0.496 e. The van der Waals surface area contributed by atoms with Crippen LogP contribution in [-0.4, -0.2) is 32.8 Å². The van der Waals surface area contributed by atoms with E-state index in [4.69, 9.17) is 18.9 Å². The molecule has 2 aromatic carbocycles. The number of rotatable bonds is 7. The molecule has 0 amide bonds. The van der Waals surface area contributed by atoms with Gasteiger partial charge in [0, 0.05) is 17.1 Å². The van der Waals surface area contributed by atoms with Crippen LogP contribution >= 0.6 is 39.5 Å². The van der Waals surface area contributed by atoms with E-state index in [1.54, 1.807) is 21.3 Å². The highest BCUT2D eigenvalue weighted by molar-refractivity contribution is 9.10. The van der Waals surface area contributed by atoms with Crippen LogP contribution in [0.15, 0.2) is 34.8 Å². The van der Waals surface area contributed by atoms with E-state index in [1.165, 1.54) is 17.1 Å². The Morgan fingerprint density at radius 2 is 1.58 bits per heavy atom. The summed E-state index contributed by atoms with van der Waals surface area (Å²) in [5, 5.41) is 0. The molecule has 0 bridgehead atoms. The van der Waals surface area contributed by atoms with E-state index in [2.05, 4.69) is 28.1 Å². The van der Waals surface area contributed by atoms with Crippen molar-refractivity contribution in [2.45, 2.75) is 11.2 Å². The number of methoxy groups -OCH3 is 3. The van der Waals surface area contributed by atoms with E-state index in [9.17, 15) is 0 Å². The molecule has 3 rings (SSSR count). The summed E-state index contributed by atoms with van der Waals surface area (Å²) in [6, 6.07) is 9.97. The molecular formula is C19H21BrO4S2. The monoisotopic (exact) mass is 456 g/mol. The zero-order chi connectivity index (χ0) is 18.5. The summed E-state index contributed by atoms with van der Waals surface area (Å²) in [6.45, 7) is 0.357. The lowest BCUT2D eigenvalue weighted by atomic mass is 10.2. The quantitative estimate of drug-likeness (QED) is 0.544. The second kappa shape index (κ2) is 9.15. The Morgan fingerprint density at radius 3 is 2.23 bits per heavy atom. The normalized spacial score (nSPS) is 14.3. The van der Waals surface area contributed by atoms with Crippen molar-refractivity contribution in [1.29, 1.82) is 0 Å². The number of ether oxygens (including phenoxy) is 4. The molecule has 0 radical (unpaired) electrons. The van der Waals surface area contributed by atoms with Crippen LogP contribution in [0.2, 0.25) is 0 Å². The fraction of sp³-hybridized carbons (Fsp3) is 0.368. The van der Waals surface area contributed by atoms with Gasteiger partial charge in [-0.25, -0.2) is 0 Å². The third kappa shape index (κ3) is 4.38. The molecule has 0 aromatic heterocycles. The maximum Gasteiger partial charge on any atom is 0.161 e. The molecular weight excluding hydrogens is 436 g/mol. The van der Waals surface area contributed by atoms with E-state index >= 15 is 0 Å². The molecule has 0 aliphatic carbocycles. The molecule has 1 fully saturated rings. The van der Waals surface area contributed by atoms with E-state index < -0.39 is 0 Å². The Bertz CT molecular complexity index is 763. The second-order valence-electron chi connectivity index (χ2n) is 5.57. The molecule has 140 valence electrons. The van der Waals surface area contributed by atoms with Gasteiger partial charge in [0.2, 0.25) is 0 Å². The standard InChI is InChI=1S/C19H21BrO4S2/c1-21-16-10-14(20)17(22-2)9-13(16)11-24-15-5-4-12(8-18(15)23-3)19-25-6-7-26-19/h4-5,8-10,19H,6-7,11H2,1-3H3. The highest BCUT2D eigenvalue weighted by atomic mass is 79.9. The second-order valence-corrected chi connectivity index (χ2v) is 9.15. The highest BCUT2D eigenvalue weighted by Crippen LogP contribution is 2.47. The SMILES string of the molecule is COc1cc(COc2ccc(C3SCCS3)cc2OC)c(OC)cc1Br.